The van der Waals surface area contributed by atoms with Crippen LogP contribution in [0.3, 0.4) is 0 Å². The van der Waals surface area contributed by atoms with Crippen LogP contribution in [0.15, 0.2) is 62.5 Å². The van der Waals surface area contributed by atoms with Crippen LogP contribution < -0.4 is 11.1 Å². The molecule has 14 heteroatoms. The van der Waals surface area contributed by atoms with Crippen molar-refractivity contribution < 1.29 is 33.0 Å². The molecule has 0 bridgehead atoms. The third-order valence-electron chi connectivity index (χ3n) is 5.45. The van der Waals surface area contributed by atoms with E-state index in [1.165, 1.54) is 23.9 Å². The molecule has 0 saturated heterocycles. The van der Waals surface area contributed by atoms with Crippen molar-refractivity contribution in [3.05, 3.63) is 59.0 Å². The van der Waals surface area contributed by atoms with Crippen LogP contribution in [0, 0.1) is 12.3 Å². The minimum absolute atomic E-state index is 0.0135. The summed E-state index contributed by atoms with van der Waals surface area (Å²) in [5.74, 6) is -4.09. The number of hydrogen-bond donors (Lipinski definition) is 5. The van der Waals surface area contributed by atoms with E-state index in [1.807, 2.05) is 0 Å². The highest BCUT2D eigenvalue weighted by Crippen LogP contribution is 2.42. The first-order valence-corrected chi connectivity index (χ1v) is 15.8. The predicted molar refractivity (Wildman–Crippen MR) is 154 cm³/mol. The van der Waals surface area contributed by atoms with E-state index in [0.717, 1.165) is 11.3 Å². The van der Waals surface area contributed by atoms with Gasteiger partial charge in [-0.1, -0.05) is 36.4 Å². The molecule has 0 aliphatic carbocycles. The lowest BCUT2D eigenvalue weighted by Crippen LogP contribution is -2.24. The summed E-state index contributed by atoms with van der Waals surface area (Å²) >= 11 is 2.89. The molecule has 3 aromatic rings. The Labute approximate surface area is 237 Å². The number of nitrogen functional groups attached to an aromatic ring is 1. The molecule has 1 aromatic heterocycles. The average molecular weight is 608 g/mol. The van der Waals surface area contributed by atoms with Gasteiger partial charge in [-0.05, 0) is 36.4 Å². The molecule has 1 unspecified atom stereocenters. The molecule has 2 aromatic carbocycles. The number of anilines is 1. The van der Waals surface area contributed by atoms with Crippen molar-refractivity contribution in [2.75, 3.05) is 17.3 Å². The lowest BCUT2D eigenvalue weighted by molar-refractivity contribution is -0.142. The highest BCUT2D eigenvalue weighted by molar-refractivity contribution is 8.01. The largest absolute Gasteiger partial charge is 0.481 e. The molecule has 0 fully saturated rings. The molecule has 0 aliphatic heterocycles. The number of nitrogens with one attached hydrogen (secondary N) is 2. The molecular weight excluding hydrogens is 583 g/mol. The van der Waals surface area contributed by atoms with Gasteiger partial charge in [-0.2, -0.15) is 0 Å². The number of sulfone groups is 1. The van der Waals surface area contributed by atoms with E-state index in [2.05, 4.69) is 5.32 Å². The van der Waals surface area contributed by atoms with Gasteiger partial charge in [-0.3, -0.25) is 19.8 Å². The zero-order chi connectivity index (χ0) is 28.9. The van der Waals surface area contributed by atoms with E-state index >= 15 is 0 Å². The third kappa shape index (κ3) is 7.01. The molecule has 3 rings (SSSR count). The number of carbonyl (C=O) groups excluding carboxylic acids is 1. The van der Waals surface area contributed by atoms with Crippen molar-refractivity contribution in [1.29, 1.82) is 5.41 Å². The molecule has 6 N–H and O–H groups in total. The molecule has 1 amide bonds. The molecule has 206 valence electrons. The van der Waals surface area contributed by atoms with Crippen LogP contribution >= 0.6 is 34.9 Å². The smallest absolute Gasteiger partial charge is 0.317 e. The number of amidine groups is 1. The summed E-state index contributed by atoms with van der Waals surface area (Å²) in [5.41, 5.74) is 7.40. The van der Waals surface area contributed by atoms with Crippen LogP contribution in [0.4, 0.5) is 5.69 Å². The number of benzene rings is 2. The first-order chi connectivity index (χ1) is 18.4. The SMILES string of the molecule is CSc1sc(C(=N)N)cc1S(=O)(=O)c1ccc(C)c(-c2ccccc2)c1NC(=O)CSC(CC(=O)O)C(=O)O. The summed E-state index contributed by atoms with van der Waals surface area (Å²) in [4.78, 5) is 35.5. The van der Waals surface area contributed by atoms with Gasteiger partial charge in [0.25, 0.3) is 0 Å². The van der Waals surface area contributed by atoms with E-state index in [1.54, 1.807) is 49.6 Å². The monoisotopic (exact) mass is 607 g/mol. The Morgan fingerprint density at radius 2 is 1.77 bits per heavy atom. The number of thioether (sulfide) groups is 2. The van der Waals surface area contributed by atoms with Gasteiger partial charge >= 0.3 is 11.9 Å². The lowest BCUT2D eigenvalue weighted by Gasteiger charge is -2.19. The van der Waals surface area contributed by atoms with Crippen molar-refractivity contribution >= 4 is 74.1 Å². The third-order valence-corrected chi connectivity index (χ3v) is 11.0. The normalized spacial score (nSPS) is 12.1. The number of carboxylic acid groups (broad SMARTS) is 2. The first-order valence-electron chi connectivity index (χ1n) is 11.2. The van der Waals surface area contributed by atoms with Crippen molar-refractivity contribution in [2.45, 2.75) is 32.6 Å². The molecule has 0 spiro atoms. The van der Waals surface area contributed by atoms with Crippen molar-refractivity contribution in [3.8, 4) is 11.1 Å². The van der Waals surface area contributed by atoms with Crippen LogP contribution in [-0.4, -0.2) is 59.6 Å². The lowest BCUT2D eigenvalue weighted by atomic mass is 9.98. The molecule has 0 aliphatic rings. The minimum Gasteiger partial charge on any atom is -0.481 e. The van der Waals surface area contributed by atoms with E-state index in [9.17, 15) is 27.9 Å². The van der Waals surface area contributed by atoms with Crippen molar-refractivity contribution in [3.63, 3.8) is 0 Å². The van der Waals surface area contributed by atoms with Gasteiger partial charge in [0.2, 0.25) is 15.7 Å². The molecule has 39 heavy (non-hydrogen) atoms. The van der Waals surface area contributed by atoms with E-state index in [-0.39, 0.29) is 26.2 Å². The summed E-state index contributed by atoms with van der Waals surface area (Å²) in [5, 5.41) is 27.3. The molecule has 0 radical (unpaired) electrons. The van der Waals surface area contributed by atoms with Crippen LogP contribution in [0.5, 0.6) is 0 Å². The number of aliphatic carboxylic acids is 2. The number of carboxylic acids is 2. The van der Waals surface area contributed by atoms with Gasteiger partial charge in [-0.15, -0.1) is 34.9 Å². The zero-order valence-corrected chi connectivity index (χ0v) is 24.0. The fourth-order valence-corrected chi connectivity index (χ4v) is 8.52. The Morgan fingerprint density at radius 3 is 2.33 bits per heavy atom. The van der Waals surface area contributed by atoms with E-state index < -0.39 is 45.1 Å². The molecule has 0 saturated carbocycles. The summed E-state index contributed by atoms with van der Waals surface area (Å²) in [6.07, 6.45) is 1.02. The van der Waals surface area contributed by atoms with Crippen LogP contribution in [0.25, 0.3) is 11.1 Å². The predicted octanol–water partition coefficient (Wildman–Crippen LogP) is 4.16. The molecule has 10 nitrogen and oxygen atoms in total. The number of aryl methyl sites for hydroxylation is 1. The van der Waals surface area contributed by atoms with E-state index in [4.69, 9.17) is 16.2 Å². The Balaban J connectivity index is 2.14. The highest BCUT2D eigenvalue weighted by atomic mass is 32.2. The summed E-state index contributed by atoms with van der Waals surface area (Å²) < 4.78 is 28.4. The number of thiophene rings is 1. The van der Waals surface area contributed by atoms with Gasteiger partial charge in [-0.25, -0.2) is 8.42 Å². The van der Waals surface area contributed by atoms with Gasteiger partial charge in [0.05, 0.1) is 36.7 Å². The number of amides is 1. The average Bonchev–Trinajstić information content (AvgIpc) is 3.33. The molecular formula is C25H25N3O7S4. The Hall–Kier alpha value is -3.33. The molecule has 1 atom stereocenters. The fourth-order valence-electron chi connectivity index (χ4n) is 3.68. The topological polar surface area (TPSA) is 188 Å². The van der Waals surface area contributed by atoms with Gasteiger partial charge in [0.1, 0.15) is 11.1 Å². The standard InChI is InChI=1S/C25H25N3O7S4/c1-13-8-9-17(39(34,35)18-10-15(23(26)27)38-25(18)36-2)22(21(13)14-6-4-3-5-7-14)28-19(29)12-37-16(24(32)33)11-20(30)31/h3-10,16H,11-12H2,1-2H3,(H3,26,27)(H,28,29)(H,30,31)(H,32,33). The Bertz CT molecular complexity index is 1540. The quantitative estimate of drug-likeness (QED) is 0.114. The number of rotatable bonds is 12. The fraction of sp³-hybridized carbons (Fsp3) is 0.200. The maximum absolute atomic E-state index is 14.0. The van der Waals surface area contributed by atoms with Crippen LogP contribution in [0.2, 0.25) is 0 Å². The Kier molecular flexibility index (Phi) is 9.83. The summed E-state index contributed by atoms with van der Waals surface area (Å²) in [6, 6.07) is 13.2. The summed E-state index contributed by atoms with van der Waals surface area (Å²) in [7, 11) is -4.23. The van der Waals surface area contributed by atoms with Crippen molar-refractivity contribution in [1.82, 2.24) is 0 Å². The number of nitrogens with two attached hydrogens (primary N) is 1. The van der Waals surface area contributed by atoms with Crippen LogP contribution in [0.1, 0.15) is 16.9 Å². The maximum atomic E-state index is 14.0. The number of hydrogen-bond acceptors (Lipinski definition) is 9. The first kappa shape index (κ1) is 30.2. The van der Waals surface area contributed by atoms with Gasteiger partial charge in [0.15, 0.2) is 0 Å². The number of carbonyl (C=O) groups is 3. The van der Waals surface area contributed by atoms with Gasteiger partial charge < -0.3 is 21.3 Å². The highest BCUT2D eigenvalue weighted by Gasteiger charge is 2.30. The second kappa shape index (κ2) is 12.7. The molecule has 1 heterocycles. The van der Waals surface area contributed by atoms with Gasteiger partial charge in [0, 0.05) is 5.56 Å². The second-order valence-corrected chi connectivity index (χ2v) is 13.4. The zero-order valence-electron chi connectivity index (χ0n) is 20.8. The maximum Gasteiger partial charge on any atom is 0.317 e. The second-order valence-electron chi connectivity index (χ2n) is 8.16. The minimum atomic E-state index is -4.23. The van der Waals surface area contributed by atoms with Crippen LogP contribution in [-0.2, 0) is 24.2 Å². The Morgan fingerprint density at radius 1 is 1.10 bits per heavy atom. The van der Waals surface area contributed by atoms with E-state index in [0.29, 0.717) is 32.7 Å². The summed E-state index contributed by atoms with van der Waals surface area (Å²) in [6.45, 7) is 1.77. The van der Waals surface area contributed by atoms with Crippen molar-refractivity contribution in [2.24, 2.45) is 5.73 Å².